The largest absolute Gasteiger partial charge is 0.494 e. The zero-order valence-corrected chi connectivity index (χ0v) is 13.4. The highest BCUT2D eigenvalue weighted by atomic mass is 32.2. The molecule has 22 heavy (non-hydrogen) atoms. The van der Waals surface area contributed by atoms with Gasteiger partial charge in [-0.2, -0.15) is 4.31 Å². The Morgan fingerprint density at radius 1 is 1.32 bits per heavy atom. The van der Waals surface area contributed by atoms with Gasteiger partial charge in [-0.1, -0.05) is 6.42 Å². The predicted octanol–water partition coefficient (Wildman–Crippen LogP) is 1.58. The molecule has 1 heterocycles. The number of nitrogens with zero attached hydrogens (tertiary/aromatic N) is 1. The van der Waals surface area contributed by atoms with E-state index in [2.05, 4.69) is 0 Å². The molecule has 2 aliphatic rings. The van der Waals surface area contributed by atoms with Crippen LogP contribution in [-0.4, -0.2) is 39.0 Å². The minimum absolute atomic E-state index is 0.0296. The van der Waals surface area contributed by atoms with Gasteiger partial charge in [-0.15, -0.1) is 0 Å². The Morgan fingerprint density at radius 2 is 2.09 bits per heavy atom. The van der Waals surface area contributed by atoms with Crippen molar-refractivity contribution in [1.29, 1.82) is 0 Å². The second-order valence-corrected chi connectivity index (χ2v) is 8.08. The number of nitrogens with two attached hydrogens (primary N) is 1. The quantitative estimate of drug-likeness (QED) is 0.914. The highest BCUT2D eigenvalue weighted by Gasteiger charge is 2.43. The summed E-state index contributed by atoms with van der Waals surface area (Å²) >= 11 is 0. The van der Waals surface area contributed by atoms with Gasteiger partial charge in [0.05, 0.1) is 12.0 Å². The molecular formula is C15H21FN2O3S. The van der Waals surface area contributed by atoms with Crippen molar-refractivity contribution in [2.24, 2.45) is 17.6 Å². The van der Waals surface area contributed by atoms with Gasteiger partial charge in [-0.25, -0.2) is 12.8 Å². The van der Waals surface area contributed by atoms with Gasteiger partial charge in [0, 0.05) is 19.1 Å². The molecule has 0 amide bonds. The molecule has 122 valence electrons. The molecule has 1 aliphatic carbocycles. The van der Waals surface area contributed by atoms with Crippen molar-refractivity contribution < 1.29 is 17.5 Å². The Morgan fingerprint density at radius 3 is 2.73 bits per heavy atom. The molecule has 1 saturated heterocycles. The standard InChI is InChI=1S/C15H21FN2O3S/c1-21-15-6-5-11(7-13(15)16)22(19,20)18-8-10-3-2-4-14(17)12(10)9-18/h5-7,10,12,14H,2-4,8-9,17H2,1H3. The Labute approximate surface area is 130 Å². The summed E-state index contributed by atoms with van der Waals surface area (Å²) in [5.74, 6) is -0.0961. The zero-order valence-electron chi connectivity index (χ0n) is 12.5. The molecule has 3 atom stereocenters. The van der Waals surface area contributed by atoms with Crippen LogP contribution in [0.2, 0.25) is 0 Å². The predicted molar refractivity (Wildman–Crippen MR) is 80.5 cm³/mol. The van der Waals surface area contributed by atoms with Gasteiger partial charge in [0.2, 0.25) is 10.0 Å². The number of hydrogen-bond donors (Lipinski definition) is 1. The molecule has 7 heteroatoms. The van der Waals surface area contributed by atoms with E-state index in [9.17, 15) is 12.8 Å². The average molecular weight is 328 g/mol. The first-order valence-corrected chi connectivity index (χ1v) is 8.96. The third-order valence-corrected chi connectivity index (χ3v) is 6.71. The fourth-order valence-electron chi connectivity index (χ4n) is 3.63. The van der Waals surface area contributed by atoms with Gasteiger partial charge in [-0.05, 0) is 42.9 Å². The lowest BCUT2D eigenvalue weighted by Crippen LogP contribution is -2.38. The number of sulfonamides is 1. The van der Waals surface area contributed by atoms with E-state index in [1.165, 1.54) is 23.5 Å². The molecule has 0 spiro atoms. The Kier molecular flexibility index (Phi) is 4.13. The summed E-state index contributed by atoms with van der Waals surface area (Å²) < 4.78 is 45.5. The number of benzene rings is 1. The highest BCUT2D eigenvalue weighted by molar-refractivity contribution is 7.89. The number of hydrogen-bond acceptors (Lipinski definition) is 4. The van der Waals surface area contributed by atoms with Crippen molar-refractivity contribution in [1.82, 2.24) is 4.31 Å². The Balaban J connectivity index is 1.86. The van der Waals surface area contributed by atoms with Crippen LogP contribution in [0.1, 0.15) is 19.3 Å². The van der Waals surface area contributed by atoms with Crippen LogP contribution >= 0.6 is 0 Å². The van der Waals surface area contributed by atoms with E-state index in [0.717, 1.165) is 25.3 Å². The summed E-state index contributed by atoms with van der Waals surface area (Å²) in [7, 11) is -2.34. The third-order valence-electron chi connectivity index (χ3n) is 4.88. The normalized spacial score (nSPS) is 29.3. The molecule has 0 bridgehead atoms. The van der Waals surface area contributed by atoms with Crippen molar-refractivity contribution in [2.75, 3.05) is 20.2 Å². The monoisotopic (exact) mass is 328 g/mol. The van der Waals surface area contributed by atoms with E-state index in [1.54, 1.807) is 0 Å². The van der Waals surface area contributed by atoms with Gasteiger partial charge in [0.1, 0.15) is 0 Å². The second-order valence-electron chi connectivity index (χ2n) is 6.14. The zero-order chi connectivity index (χ0) is 15.9. The lowest BCUT2D eigenvalue weighted by atomic mass is 9.78. The number of methoxy groups -OCH3 is 1. The fourth-order valence-corrected chi connectivity index (χ4v) is 5.18. The van der Waals surface area contributed by atoms with Crippen LogP contribution in [0.15, 0.2) is 23.1 Å². The first-order chi connectivity index (χ1) is 10.4. The van der Waals surface area contributed by atoms with E-state index < -0.39 is 15.8 Å². The average Bonchev–Trinajstić information content (AvgIpc) is 2.93. The molecule has 3 rings (SSSR count). The lowest BCUT2D eigenvalue weighted by Gasteiger charge is -2.29. The molecule has 2 N–H and O–H groups in total. The molecule has 3 unspecified atom stereocenters. The maximum atomic E-state index is 13.8. The Bertz CT molecular complexity index is 665. The number of rotatable bonds is 3. The van der Waals surface area contributed by atoms with E-state index in [1.807, 2.05) is 0 Å². The number of fused-ring (bicyclic) bond motifs is 1. The van der Waals surface area contributed by atoms with Crippen LogP contribution in [0.3, 0.4) is 0 Å². The third kappa shape index (κ3) is 2.61. The maximum absolute atomic E-state index is 13.8. The molecule has 2 fully saturated rings. The molecule has 0 aromatic heterocycles. The molecular weight excluding hydrogens is 307 g/mol. The summed E-state index contributed by atoms with van der Waals surface area (Å²) in [5, 5.41) is 0. The Hall–Kier alpha value is -1.18. The van der Waals surface area contributed by atoms with Crippen LogP contribution in [0.25, 0.3) is 0 Å². The molecule has 1 saturated carbocycles. The van der Waals surface area contributed by atoms with Crippen molar-refractivity contribution in [3.8, 4) is 5.75 Å². The minimum atomic E-state index is -3.69. The maximum Gasteiger partial charge on any atom is 0.243 e. The van der Waals surface area contributed by atoms with Crippen molar-refractivity contribution in [3.63, 3.8) is 0 Å². The number of ether oxygens (including phenoxy) is 1. The molecule has 5 nitrogen and oxygen atoms in total. The van der Waals surface area contributed by atoms with E-state index in [-0.39, 0.29) is 22.6 Å². The summed E-state index contributed by atoms with van der Waals surface area (Å²) in [5.41, 5.74) is 6.13. The van der Waals surface area contributed by atoms with Gasteiger partial charge >= 0.3 is 0 Å². The molecule has 1 aromatic rings. The lowest BCUT2D eigenvalue weighted by molar-refractivity contribution is 0.260. The second kappa shape index (κ2) is 5.79. The summed E-state index contributed by atoms with van der Waals surface area (Å²) in [4.78, 5) is -0.0296. The van der Waals surface area contributed by atoms with Crippen LogP contribution in [0, 0.1) is 17.7 Å². The van der Waals surface area contributed by atoms with E-state index in [4.69, 9.17) is 10.5 Å². The van der Waals surface area contributed by atoms with Gasteiger partial charge < -0.3 is 10.5 Å². The van der Waals surface area contributed by atoms with Crippen LogP contribution in [0.4, 0.5) is 4.39 Å². The van der Waals surface area contributed by atoms with Crippen LogP contribution in [-0.2, 0) is 10.0 Å². The molecule has 1 aliphatic heterocycles. The van der Waals surface area contributed by atoms with Crippen molar-refractivity contribution in [3.05, 3.63) is 24.0 Å². The topological polar surface area (TPSA) is 72.6 Å². The van der Waals surface area contributed by atoms with Crippen molar-refractivity contribution >= 4 is 10.0 Å². The first-order valence-electron chi connectivity index (χ1n) is 7.52. The van der Waals surface area contributed by atoms with Gasteiger partial charge in [0.15, 0.2) is 11.6 Å². The number of halogens is 1. The van der Waals surface area contributed by atoms with E-state index >= 15 is 0 Å². The van der Waals surface area contributed by atoms with Gasteiger partial charge in [0.25, 0.3) is 0 Å². The highest BCUT2D eigenvalue weighted by Crippen LogP contribution is 2.38. The van der Waals surface area contributed by atoms with Crippen LogP contribution in [0.5, 0.6) is 5.75 Å². The van der Waals surface area contributed by atoms with Gasteiger partial charge in [-0.3, -0.25) is 0 Å². The smallest absolute Gasteiger partial charge is 0.243 e. The molecule has 1 aromatic carbocycles. The van der Waals surface area contributed by atoms with Crippen LogP contribution < -0.4 is 10.5 Å². The summed E-state index contributed by atoms with van der Waals surface area (Å²) in [6.07, 6.45) is 3.01. The summed E-state index contributed by atoms with van der Waals surface area (Å²) in [6, 6.07) is 3.82. The summed E-state index contributed by atoms with van der Waals surface area (Å²) in [6.45, 7) is 0.913. The SMILES string of the molecule is COc1ccc(S(=O)(=O)N2CC3CCCC(N)C3C2)cc1F. The van der Waals surface area contributed by atoms with Crippen molar-refractivity contribution in [2.45, 2.75) is 30.2 Å². The molecule has 0 radical (unpaired) electrons. The van der Waals surface area contributed by atoms with E-state index in [0.29, 0.717) is 19.0 Å². The fraction of sp³-hybridized carbons (Fsp3) is 0.600. The minimum Gasteiger partial charge on any atom is -0.494 e. The first kappa shape index (κ1) is 15.7.